The van der Waals surface area contributed by atoms with Gasteiger partial charge in [-0.3, -0.25) is 15.2 Å². The topological polar surface area (TPSA) is 81.8 Å². The van der Waals surface area contributed by atoms with Gasteiger partial charge in [0, 0.05) is 18.0 Å². The van der Waals surface area contributed by atoms with E-state index in [0.717, 1.165) is 11.1 Å². The number of hydrazone groups is 1. The first-order valence-electron chi connectivity index (χ1n) is 8.53. The van der Waals surface area contributed by atoms with Gasteiger partial charge in [0.05, 0.1) is 5.57 Å². The molecule has 0 aliphatic carbocycles. The fourth-order valence-electron chi connectivity index (χ4n) is 2.74. The number of rotatable bonds is 3. The van der Waals surface area contributed by atoms with E-state index in [-0.39, 0.29) is 11.4 Å². The summed E-state index contributed by atoms with van der Waals surface area (Å²) < 4.78 is 0. The largest absolute Gasteiger partial charge is 0.283 e. The van der Waals surface area contributed by atoms with Crippen molar-refractivity contribution >= 4 is 39.8 Å². The molecule has 0 saturated carbocycles. The fourth-order valence-corrected chi connectivity index (χ4v) is 3.62. The van der Waals surface area contributed by atoms with E-state index in [1.54, 1.807) is 18.5 Å². The number of amidine groups is 2. The van der Waals surface area contributed by atoms with E-state index < -0.39 is 5.91 Å². The Kier molecular flexibility index (Phi) is 4.45. The van der Waals surface area contributed by atoms with Crippen LogP contribution in [0.4, 0.5) is 0 Å². The lowest BCUT2D eigenvalue weighted by Gasteiger charge is -2.20. The van der Waals surface area contributed by atoms with Crippen LogP contribution >= 0.6 is 11.8 Å². The molecular weight excluding hydrogens is 358 g/mol. The van der Waals surface area contributed by atoms with Crippen molar-refractivity contribution in [3.63, 3.8) is 0 Å². The summed E-state index contributed by atoms with van der Waals surface area (Å²) in [5.41, 5.74) is 3.14. The number of hydrogen-bond acceptors (Lipinski definition) is 5. The van der Waals surface area contributed by atoms with Crippen LogP contribution in [-0.4, -0.2) is 31.9 Å². The Morgan fingerprint density at radius 3 is 2.63 bits per heavy atom. The summed E-state index contributed by atoms with van der Waals surface area (Å²) in [7, 11) is 0. The molecule has 0 bridgehead atoms. The Morgan fingerprint density at radius 1 is 1.19 bits per heavy atom. The predicted molar refractivity (Wildman–Crippen MR) is 109 cm³/mol. The van der Waals surface area contributed by atoms with Crippen LogP contribution in [0, 0.1) is 5.41 Å². The van der Waals surface area contributed by atoms with Crippen LogP contribution in [0.3, 0.4) is 0 Å². The van der Waals surface area contributed by atoms with E-state index >= 15 is 0 Å². The van der Waals surface area contributed by atoms with Crippen LogP contribution in [-0.2, 0) is 4.79 Å². The standard InChI is InChI=1S/C20H17N5OS/c1-12(2)14-7-5-13(6-8-14)10-16-17(21)25-20(23-18(16)26)27-19(24-25)15-4-3-9-22-11-15/h3-12,21H,1-2H3/b16-10-,21-17?. The molecule has 2 aliphatic heterocycles. The first kappa shape index (κ1) is 17.4. The van der Waals surface area contributed by atoms with Gasteiger partial charge in [-0.2, -0.15) is 15.1 Å². The number of aliphatic imine (C=N–C) groups is 1. The number of nitrogens with one attached hydrogen (secondary N) is 1. The van der Waals surface area contributed by atoms with Gasteiger partial charge in [-0.15, -0.1) is 0 Å². The van der Waals surface area contributed by atoms with Crippen LogP contribution < -0.4 is 0 Å². The Bertz CT molecular complexity index is 1010. The molecule has 27 heavy (non-hydrogen) atoms. The van der Waals surface area contributed by atoms with Gasteiger partial charge in [0.1, 0.15) is 5.04 Å². The van der Waals surface area contributed by atoms with Crippen LogP contribution in [0.2, 0.25) is 0 Å². The van der Waals surface area contributed by atoms with Gasteiger partial charge < -0.3 is 0 Å². The zero-order valence-electron chi connectivity index (χ0n) is 14.9. The van der Waals surface area contributed by atoms with Gasteiger partial charge in [-0.05, 0) is 47.0 Å². The number of fused-ring (bicyclic) bond motifs is 1. The Morgan fingerprint density at radius 2 is 1.96 bits per heavy atom. The smallest absolute Gasteiger partial charge is 0.282 e. The van der Waals surface area contributed by atoms with E-state index in [1.165, 1.54) is 22.3 Å². The maximum absolute atomic E-state index is 12.5. The second kappa shape index (κ2) is 6.92. The molecule has 134 valence electrons. The molecule has 0 atom stereocenters. The number of thioether (sulfide) groups is 1. The Labute approximate surface area is 161 Å². The van der Waals surface area contributed by atoms with Crippen molar-refractivity contribution in [2.75, 3.05) is 0 Å². The number of carbonyl (C=O) groups is 1. The van der Waals surface area contributed by atoms with Crippen LogP contribution in [0.25, 0.3) is 6.08 Å². The summed E-state index contributed by atoms with van der Waals surface area (Å²) in [6.45, 7) is 4.26. The summed E-state index contributed by atoms with van der Waals surface area (Å²) >= 11 is 1.27. The maximum Gasteiger partial charge on any atom is 0.283 e. The van der Waals surface area contributed by atoms with Crippen molar-refractivity contribution in [1.82, 2.24) is 9.99 Å². The molecule has 1 N–H and O–H groups in total. The molecule has 0 radical (unpaired) electrons. The van der Waals surface area contributed by atoms with Crippen molar-refractivity contribution < 1.29 is 4.79 Å². The monoisotopic (exact) mass is 375 g/mol. The minimum atomic E-state index is -0.422. The number of pyridine rings is 1. The lowest BCUT2D eigenvalue weighted by Crippen LogP contribution is -2.35. The predicted octanol–water partition coefficient (Wildman–Crippen LogP) is 3.87. The summed E-state index contributed by atoms with van der Waals surface area (Å²) in [5.74, 6) is 0.0500. The number of hydrogen-bond donors (Lipinski definition) is 1. The highest BCUT2D eigenvalue weighted by atomic mass is 32.2. The minimum absolute atomic E-state index is 0.0318. The third kappa shape index (κ3) is 3.33. The number of amides is 1. The van der Waals surface area contributed by atoms with Gasteiger partial charge in [0.15, 0.2) is 5.84 Å². The lowest BCUT2D eigenvalue weighted by atomic mass is 10.0. The van der Waals surface area contributed by atoms with Crippen molar-refractivity contribution in [2.45, 2.75) is 19.8 Å². The highest BCUT2D eigenvalue weighted by Gasteiger charge is 2.36. The van der Waals surface area contributed by atoms with Crippen molar-refractivity contribution in [3.05, 3.63) is 71.1 Å². The molecule has 4 rings (SSSR count). The highest BCUT2D eigenvalue weighted by molar-refractivity contribution is 8.27. The third-order valence-electron chi connectivity index (χ3n) is 4.28. The molecule has 0 unspecified atom stereocenters. The molecule has 0 saturated heterocycles. The first-order chi connectivity index (χ1) is 13.0. The molecule has 1 aromatic heterocycles. The van der Waals surface area contributed by atoms with Crippen molar-refractivity contribution in [3.8, 4) is 0 Å². The summed E-state index contributed by atoms with van der Waals surface area (Å²) in [4.78, 5) is 20.7. The van der Waals surface area contributed by atoms with Crippen molar-refractivity contribution in [1.29, 1.82) is 5.41 Å². The second-order valence-electron chi connectivity index (χ2n) is 6.49. The van der Waals surface area contributed by atoms with Crippen LogP contribution in [0.5, 0.6) is 0 Å². The quantitative estimate of drug-likeness (QED) is 0.826. The summed E-state index contributed by atoms with van der Waals surface area (Å²) in [6, 6.07) is 11.7. The minimum Gasteiger partial charge on any atom is -0.282 e. The van der Waals surface area contributed by atoms with Crippen molar-refractivity contribution in [2.24, 2.45) is 10.1 Å². The van der Waals surface area contributed by atoms with Crippen LogP contribution in [0.1, 0.15) is 36.5 Å². The fraction of sp³-hybridized carbons (Fsp3) is 0.150. The molecule has 0 fully saturated rings. The molecule has 6 nitrogen and oxygen atoms in total. The van der Waals surface area contributed by atoms with Crippen LogP contribution in [0.15, 0.2) is 64.5 Å². The van der Waals surface area contributed by atoms with E-state index in [4.69, 9.17) is 5.41 Å². The maximum atomic E-state index is 12.5. The van der Waals surface area contributed by atoms with Gasteiger partial charge >= 0.3 is 0 Å². The number of benzene rings is 1. The zero-order valence-corrected chi connectivity index (χ0v) is 15.7. The van der Waals surface area contributed by atoms with E-state index in [9.17, 15) is 4.79 Å². The molecular formula is C20H17N5OS. The van der Waals surface area contributed by atoms with Gasteiger partial charge in [0.25, 0.3) is 5.91 Å². The van der Waals surface area contributed by atoms with E-state index in [1.807, 2.05) is 36.4 Å². The summed E-state index contributed by atoms with van der Waals surface area (Å²) in [6.07, 6.45) is 5.08. The molecule has 2 aromatic rings. The number of carbonyl (C=O) groups excluding carboxylic acids is 1. The normalized spacial score (nSPS) is 18.0. The average molecular weight is 375 g/mol. The lowest BCUT2D eigenvalue weighted by molar-refractivity contribution is -0.114. The Hall–Kier alpha value is -3.06. The molecule has 1 aromatic carbocycles. The molecule has 1 amide bonds. The molecule has 7 heteroatoms. The first-order valence-corrected chi connectivity index (χ1v) is 9.35. The molecule has 3 heterocycles. The van der Waals surface area contributed by atoms with Gasteiger partial charge in [-0.25, -0.2) is 0 Å². The van der Waals surface area contributed by atoms with E-state index in [2.05, 4.69) is 28.9 Å². The second-order valence-corrected chi connectivity index (χ2v) is 7.44. The third-order valence-corrected chi connectivity index (χ3v) is 5.23. The SMILES string of the molecule is CC(C)c1ccc(/C=C2/C(=N)N3N=C(c4cccnc4)SC3=NC2=O)cc1. The molecule has 2 aliphatic rings. The Balaban J connectivity index is 1.65. The van der Waals surface area contributed by atoms with E-state index in [0.29, 0.717) is 16.1 Å². The highest BCUT2D eigenvalue weighted by Crippen LogP contribution is 2.30. The van der Waals surface area contributed by atoms with Gasteiger partial charge in [0.2, 0.25) is 5.17 Å². The van der Waals surface area contributed by atoms with Gasteiger partial charge in [-0.1, -0.05) is 38.1 Å². The summed E-state index contributed by atoms with van der Waals surface area (Å²) in [5, 5.41) is 15.4. The average Bonchev–Trinajstić information content (AvgIpc) is 3.10. The number of aromatic nitrogens is 1. The number of nitrogens with zero attached hydrogens (tertiary/aromatic N) is 4. The molecule has 0 spiro atoms. The zero-order chi connectivity index (χ0) is 19.0.